The van der Waals surface area contributed by atoms with E-state index in [-0.39, 0.29) is 0 Å². The van der Waals surface area contributed by atoms with Crippen molar-refractivity contribution in [2.75, 3.05) is 6.54 Å². The first-order chi connectivity index (χ1) is 7.84. The van der Waals surface area contributed by atoms with Crippen molar-refractivity contribution < 1.29 is 4.79 Å². The Bertz CT molecular complexity index is 327. The summed E-state index contributed by atoms with van der Waals surface area (Å²) in [5.74, 6) is 1.11. The number of aromatic nitrogens is 1. The number of nitrogens with one attached hydrogen (secondary N) is 1. The zero-order valence-electron chi connectivity index (χ0n) is 9.48. The Morgan fingerprint density at radius 1 is 1.38 bits per heavy atom. The summed E-state index contributed by atoms with van der Waals surface area (Å²) in [7, 11) is 0. The number of Topliss-reactive ketones (excluding diaryl/α,β-unsaturated/α-hetero) is 1. The van der Waals surface area contributed by atoms with Gasteiger partial charge in [0.2, 0.25) is 0 Å². The Hall–Kier alpha value is -1.22. The van der Waals surface area contributed by atoms with E-state index in [0.29, 0.717) is 11.7 Å². The van der Waals surface area contributed by atoms with E-state index in [0.717, 1.165) is 38.8 Å². The molecule has 86 valence electrons. The van der Waals surface area contributed by atoms with Crippen LogP contribution in [0.5, 0.6) is 0 Å². The van der Waals surface area contributed by atoms with E-state index in [4.69, 9.17) is 0 Å². The van der Waals surface area contributed by atoms with Gasteiger partial charge in [-0.1, -0.05) is 6.07 Å². The van der Waals surface area contributed by atoms with Gasteiger partial charge in [0.25, 0.3) is 0 Å². The molecule has 1 aromatic rings. The van der Waals surface area contributed by atoms with E-state index in [2.05, 4.69) is 16.4 Å². The number of hydrogen-bond donors (Lipinski definition) is 1. The summed E-state index contributed by atoms with van der Waals surface area (Å²) in [5, 5.41) is 3.43. The van der Waals surface area contributed by atoms with E-state index in [9.17, 15) is 4.79 Å². The van der Waals surface area contributed by atoms with Gasteiger partial charge < -0.3 is 5.32 Å². The third-order valence-electron chi connectivity index (χ3n) is 3.15. The zero-order valence-corrected chi connectivity index (χ0v) is 9.48. The lowest BCUT2D eigenvalue weighted by atomic mass is 9.88. The van der Waals surface area contributed by atoms with Crippen molar-refractivity contribution >= 4 is 5.78 Å². The predicted octanol–water partition coefficient (Wildman–Crippen LogP) is 1.93. The molecule has 1 aliphatic rings. The Morgan fingerprint density at radius 3 is 2.88 bits per heavy atom. The van der Waals surface area contributed by atoms with Crippen molar-refractivity contribution in [3.63, 3.8) is 0 Å². The van der Waals surface area contributed by atoms with E-state index >= 15 is 0 Å². The van der Waals surface area contributed by atoms with Gasteiger partial charge in [-0.15, -0.1) is 0 Å². The van der Waals surface area contributed by atoms with Crippen LogP contribution in [0.2, 0.25) is 0 Å². The molecule has 0 aliphatic heterocycles. The third-order valence-corrected chi connectivity index (χ3v) is 3.15. The Morgan fingerprint density at radius 2 is 2.19 bits per heavy atom. The van der Waals surface area contributed by atoms with Gasteiger partial charge >= 0.3 is 0 Å². The summed E-state index contributed by atoms with van der Waals surface area (Å²) in [6, 6.07) is 4.03. The molecule has 0 spiro atoms. The predicted molar refractivity (Wildman–Crippen MR) is 62.9 cm³/mol. The minimum absolute atomic E-state index is 0.434. The fourth-order valence-electron chi connectivity index (χ4n) is 2.13. The first kappa shape index (κ1) is 11.3. The highest BCUT2D eigenvalue weighted by Crippen LogP contribution is 2.20. The number of hydrogen-bond acceptors (Lipinski definition) is 3. The maximum atomic E-state index is 11.1. The molecule has 1 fully saturated rings. The molecule has 0 amide bonds. The minimum Gasteiger partial charge on any atom is -0.312 e. The summed E-state index contributed by atoms with van der Waals surface area (Å²) < 4.78 is 0. The second kappa shape index (κ2) is 5.75. The second-order valence-electron chi connectivity index (χ2n) is 4.47. The highest BCUT2D eigenvalue weighted by Gasteiger charge is 2.17. The van der Waals surface area contributed by atoms with Crippen molar-refractivity contribution in [3.05, 3.63) is 30.1 Å². The van der Waals surface area contributed by atoms with Crippen LogP contribution in [0.25, 0.3) is 0 Å². The van der Waals surface area contributed by atoms with Gasteiger partial charge in [-0.25, -0.2) is 0 Å². The number of rotatable bonds is 4. The van der Waals surface area contributed by atoms with Gasteiger partial charge in [0.15, 0.2) is 0 Å². The van der Waals surface area contributed by atoms with Crippen LogP contribution in [-0.4, -0.2) is 17.3 Å². The topological polar surface area (TPSA) is 42.0 Å². The van der Waals surface area contributed by atoms with Crippen molar-refractivity contribution in [1.29, 1.82) is 0 Å². The summed E-state index contributed by atoms with van der Waals surface area (Å²) in [5.41, 5.74) is 1.22. The lowest BCUT2D eigenvalue weighted by molar-refractivity contribution is -0.120. The molecule has 0 unspecified atom stereocenters. The van der Waals surface area contributed by atoms with Crippen molar-refractivity contribution in [2.45, 2.75) is 32.2 Å². The summed E-state index contributed by atoms with van der Waals surface area (Å²) in [4.78, 5) is 15.2. The lowest BCUT2D eigenvalue weighted by Gasteiger charge is -2.21. The number of nitrogens with zero attached hydrogens (tertiary/aromatic N) is 1. The molecule has 0 radical (unpaired) electrons. The molecule has 3 nitrogen and oxygen atoms in total. The molecule has 1 N–H and O–H groups in total. The average Bonchev–Trinajstić information content (AvgIpc) is 2.33. The molecular weight excluding hydrogens is 200 g/mol. The van der Waals surface area contributed by atoms with Gasteiger partial charge in [0.1, 0.15) is 5.78 Å². The normalized spacial score (nSPS) is 17.6. The molecular formula is C13H18N2O. The first-order valence-corrected chi connectivity index (χ1v) is 5.96. The SMILES string of the molecule is O=C1CCC(CNCc2cccnc2)CC1. The average molecular weight is 218 g/mol. The summed E-state index contributed by atoms with van der Waals surface area (Å²) in [6.07, 6.45) is 7.34. The number of carbonyl (C=O) groups is 1. The quantitative estimate of drug-likeness (QED) is 0.839. The van der Waals surface area contributed by atoms with Gasteiger partial charge in [0.05, 0.1) is 0 Å². The van der Waals surface area contributed by atoms with Crippen LogP contribution in [0.15, 0.2) is 24.5 Å². The van der Waals surface area contributed by atoms with E-state index in [1.54, 1.807) is 6.20 Å². The van der Waals surface area contributed by atoms with Crippen molar-refractivity contribution in [1.82, 2.24) is 10.3 Å². The molecule has 3 heteroatoms. The fraction of sp³-hybridized carbons (Fsp3) is 0.538. The standard InChI is InChI=1S/C13H18N2O/c16-13-5-3-11(4-6-13)8-15-10-12-2-1-7-14-9-12/h1-2,7,9,11,15H,3-6,8,10H2. The van der Waals surface area contributed by atoms with Crippen molar-refractivity contribution in [2.24, 2.45) is 5.92 Å². The van der Waals surface area contributed by atoms with Crippen LogP contribution in [0.4, 0.5) is 0 Å². The number of ketones is 1. The smallest absolute Gasteiger partial charge is 0.132 e. The molecule has 1 aliphatic carbocycles. The van der Waals surface area contributed by atoms with Crippen LogP contribution < -0.4 is 5.32 Å². The van der Waals surface area contributed by atoms with Gasteiger partial charge in [-0.3, -0.25) is 9.78 Å². The van der Waals surface area contributed by atoms with Crippen molar-refractivity contribution in [3.8, 4) is 0 Å². The van der Waals surface area contributed by atoms with Gasteiger partial charge in [-0.2, -0.15) is 0 Å². The molecule has 1 aromatic heterocycles. The largest absolute Gasteiger partial charge is 0.312 e. The Labute approximate surface area is 96.3 Å². The van der Waals surface area contributed by atoms with Crippen LogP contribution in [0.3, 0.4) is 0 Å². The molecule has 0 bridgehead atoms. The maximum absolute atomic E-state index is 11.1. The molecule has 16 heavy (non-hydrogen) atoms. The molecule has 0 atom stereocenters. The highest BCUT2D eigenvalue weighted by atomic mass is 16.1. The highest BCUT2D eigenvalue weighted by molar-refractivity contribution is 5.79. The van der Waals surface area contributed by atoms with Crippen LogP contribution in [0.1, 0.15) is 31.2 Å². The lowest BCUT2D eigenvalue weighted by Crippen LogP contribution is -2.26. The summed E-state index contributed by atoms with van der Waals surface area (Å²) in [6.45, 7) is 1.89. The number of carbonyl (C=O) groups excluding carboxylic acids is 1. The van der Waals surface area contributed by atoms with E-state index in [1.165, 1.54) is 5.56 Å². The molecule has 1 saturated carbocycles. The first-order valence-electron chi connectivity index (χ1n) is 5.96. The monoisotopic (exact) mass is 218 g/mol. The van der Waals surface area contributed by atoms with Crippen LogP contribution in [-0.2, 0) is 11.3 Å². The third kappa shape index (κ3) is 3.42. The Kier molecular flexibility index (Phi) is 4.05. The van der Waals surface area contributed by atoms with E-state index < -0.39 is 0 Å². The Balaban J connectivity index is 1.67. The number of pyridine rings is 1. The van der Waals surface area contributed by atoms with E-state index in [1.807, 2.05) is 12.3 Å². The molecule has 0 saturated heterocycles. The van der Waals surface area contributed by atoms with Gasteiger partial charge in [0, 0.05) is 31.8 Å². The second-order valence-corrected chi connectivity index (χ2v) is 4.47. The molecule has 2 rings (SSSR count). The van der Waals surface area contributed by atoms with Crippen LogP contribution in [0, 0.1) is 5.92 Å². The van der Waals surface area contributed by atoms with Gasteiger partial charge in [-0.05, 0) is 36.9 Å². The summed E-state index contributed by atoms with van der Waals surface area (Å²) >= 11 is 0. The molecule has 1 heterocycles. The zero-order chi connectivity index (χ0) is 11.2. The van der Waals surface area contributed by atoms with Crippen LogP contribution >= 0.6 is 0 Å². The fourth-order valence-corrected chi connectivity index (χ4v) is 2.13. The maximum Gasteiger partial charge on any atom is 0.132 e. The molecule has 0 aromatic carbocycles. The minimum atomic E-state index is 0.434.